The molecule has 2 aromatic carbocycles. The minimum atomic E-state index is -0.208. The Kier molecular flexibility index (Phi) is 4.88. The van der Waals surface area contributed by atoms with Crippen molar-refractivity contribution in [2.45, 2.75) is 12.5 Å². The number of benzene rings is 2. The van der Waals surface area contributed by atoms with Crippen molar-refractivity contribution >= 4 is 11.6 Å². The topological polar surface area (TPSA) is 44.5 Å². The van der Waals surface area contributed by atoms with Gasteiger partial charge in [-0.05, 0) is 36.2 Å². The van der Waals surface area contributed by atoms with E-state index >= 15 is 0 Å². The molecular formula is C16H18ClNO2. The normalized spacial score (nSPS) is 12.0. The monoisotopic (exact) mass is 291 g/mol. The van der Waals surface area contributed by atoms with E-state index in [1.807, 2.05) is 42.5 Å². The van der Waals surface area contributed by atoms with Gasteiger partial charge in [-0.2, -0.15) is 0 Å². The molecule has 0 bridgehead atoms. The summed E-state index contributed by atoms with van der Waals surface area (Å²) in [5, 5.41) is 0.727. The number of rotatable bonds is 5. The van der Waals surface area contributed by atoms with Gasteiger partial charge in [-0.15, -0.1) is 0 Å². The third-order valence-electron chi connectivity index (χ3n) is 3.23. The highest BCUT2D eigenvalue weighted by Gasteiger charge is 2.15. The summed E-state index contributed by atoms with van der Waals surface area (Å²) in [7, 11) is 3.26. The molecule has 0 aliphatic heterocycles. The Hall–Kier alpha value is -1.71. The molecule has 0 aliphatic carbocycles. The Balaban J connectivity index is 2.28. The molecule has 0 saturated heterocycles. The SMILES string of the molecule is COc1ccc(OC)c(C(N)Cc2ccccc2Cl)c1. The summed E-state index contributed by atoms with van der Waals surface area (Å²) in [4.78, 5) is 0. The van der Waals surface area contributed by atoms with E-state index in [9.17, 15) is 0 Å². The van der Waals surface area contributed by atoms with Crippen LogP contribution in [0.4, 0.5) is 0 Å². The molecule has 2 N–H and O–H groups in total. The molecule has 106 valence electrons. The predicted octanol–water partition coefficient (Wildman–Crippen LogP) is 3.60. The van der Waals surface area contributed by atoms with Crippen LogP contribution in [0.1, 0.15) is 17.2 Å². The third-order valence-corrected chi connectivity index (χ3v) is 3.60. The molecule has 0 heterocycles. The summed E-state index contributed by atoms with van der Waals surface area (Å²) in [6, 6.07) is 13.1. The van der Waals surface area contributed by atoms with E-state index in [0.717, 1.165) is 27.6 Å². The Labute approximate surface area is 124 Å². The molecule has 4 heteroatoms. The number of hydrogen-bond acceptors (Lipinski definition) is 3. The van der Waals surface area contributed by atoms with Gasteiger partial charge in [-0.3, -0.25) is 0 Å². The van der Waals surface area contributed by atoms with Crippen LogP contribution in [-0.4, -0.2) is 14.2 Å². The molecule has 1 unspecified atom stereocenters. The number of methoxy groups -OCH3 is 2. The summed E-state index contributed by atoms with van der Waals surface area (Å²) in [5.41, 5.74) is 8.23. The van der Waals surface area contributed by atoms with Gasteiger partial charge < -0.3 is 15.2 Å². The fourth-order valence-corrected chi connectivity index (χ4v) is 2.35. The van der Waals surface area contributed by atoms with Crippen LogP contribution in [0.5, 0.6) is 11.5 Å². The second kappa shape index (κ2) is 6.64. The van der Waals surface area contributed by atoms with Crippen molar-refractivity contribution in [1.82, 2.24) is 0 Å². The van der Waals surface area contributed by atoms with Gasteiger partial charge in [0.25, 0.3) is 0 Å². The van der Waals surface area contributed by atoms with Gasteiger partial charge in [0.2, 0.25) is 0 Å². The molecule has 0 aliphatic rings. The van der Waals surface area contributed by atoms with Crippen LogP contribution in [0, 0.1) is 0 Å². The number of ether oxygens (including phenoxy) is 2. The minimum absolute atomic E-state index is 0.208. The molecule has 1 atom stereocenters. The lowest BCUT2D eigenvalue weighted by Gasteiger charge is -2.17. The van der Waals surface area contributed by atoms with Crippen LogP contribution in [0.15, 0.2) is 42.5 Å². The lowest BCUT2D eigenvalue weighted by molar-refractivity contribution is 0.395. The van der Waals surface area contributed by atoms with Crippen molar-refractivity contribution in [2.75, 3.05) is 14.2 Å². The molecule has 0 amide bonds. The number of nitrogens with two attached hydrogens (primary N) is 1. The maximum absolute atomic E-state index is 6.30. The van der Waals surface area contributed by atoms with Crippen LogP contribution in [0.2, 0.25) is 5.02 Å². The van der Waals surface area contributed by atoms with Crippen molar-refractivity contribution < 1.29 is 9.47 Å². The van der Waals surface area contributed by atoms with Crippen molar-refractivity contribution in [1.29, 1.82) is 0 Å². The molecule has 0 fully saturated rings. The smallest absolute Gasteiger partial charge is 0.123 e. The van der Waals surface area contributed by atoms with Crippen LogP contribution in [-0.2, 0) is 6.42 Å². The predicted molar refractivity (Wildman–Crippen MR) is 81.6 cm³/mol. The van der Waals surface area contributed by atoms with Crippen molar-refractivity contribution in [3.8, 4) is 11.5 Å². The van der Waals surface area contributed by atoms with Gasteiger partial charge in [-0.1, -0.05) is 29.8 Å². The minimum Gasteiger partial charge on any atom is -0.497 e. The molecule has 20 heavy (non-hydrogen) atoms. The zero-order valence-electron chi connectivity index (χ0n) is 11.6. The first kappa shape index (κ1) is 14.7. The molecule has 0 spiro atoms. The molecule has 2 aromatic rings. The summed E-state index contributed by atoms with van der Waals surface area (Å²) in [6.07, 6.45) is 0.642. The van der Waals surface area contributed by atoms with E-state index in [0.29, 0.717) is 6.42 Å². The third kappa shape index (κ3) is 3.24. The maximum Gasteiger partial charge on any atom is 0.123 e. The summed E-state index contributed by atoms with van der Waals surface area (Å²) >= 11 is 6.18. The number of halogens is 1. The first-order valence-corrected chi connectivity index (χ1v) is 6.74. The molecular weight excluding hydrogens is 274 g/mol. The van der Waals surface area contributed by atoms with Gasteiger partial charge in [0, 0.05) is 16.6 Å². The van der Waals surface area contributed by atoms with Crippen molar-refractivity contribution in [3.63, 3.8) is 0 Å². The van der Waals surface area contributed by atoms with Crippen molar-refractivity contribution in [2.24, 2.45) is 5.73 Å². The summed E-state index contributed by atoms with van der Waals surface area (Å²) in [6.45, 7) is 0. The standard InChI is InChI=1S/C16H18ClNO2/c1-19-12-7-8-16(20-2)13(10-12)15(18)9-11-5-3-4-6-14(11)17/h3-8,10,15H,9,18H2,1-2H3. The van der Waals surface area contributed by atoms with E-state index < -0.39 is 0 Å². The second-order valence-electron chi connectivity index (χ2n) is 4.51. The van der Waals surface area contributed by atoms with Crippen LogP contribution < -0.4 is 15.2 Å². The highest BCUT2D eigenvalue weighted by molar-refractivity contribution is 6.31. The van der Waals surface area contributed by atoms with Gasteiger partial charge in [0.05, 0.1) is 14.2 Å². The van der Waals surface area contributed by atoms with E-state index in [1.54, 1.807) is 14.2 Å². The second-order valence-corrected chi connectivity index (χ2v) is 4.92. The van der Waals surface area contributed by atoms with Crippen LogP contribution >= 0.6 is 11.6 Å². The van der Waals surface area contributed by atoms with Crippen LogP contribution in [0.3, 0.4) is 0 Å². The van der Waals surface area contributed by atoms with Gasteiger partial charge in [0.15, 0.2) is 0 Å². The molecule has 0 saturated carbocycles. The highest BCUT2D eigenvalue weighted by Crippen LogP contribution is 2.31. The first-order chi connectivity index (χ1) is 9.65. The van der Waals surface area contributed by atoms with Crippen LogP contribution in [0.25, 0.3) is 0 Å². The lowest BCUT2D eigenvalue weighted by Crippen LogP contribution is -2.15. The Bertz CT molecular complexity index is 586. The number of hydrogen-bond donors (Lipinski definition) is 1. The zero-order valence-corrected chi connectivity index (χ0v) is 12.4. The van der Waals surface area contributed by atoms with Gasteiger partial charge in [-0.25, -0.2) is 0 Å². The summed E-state index contributed by atoms with van der Waals surface area (Å²) < 4.78 is 10.6. The largest absolute Gasteiger partial charge is 0.497 e. The Morgan fingerprint density at radius 3 is 2.50 bits per heavy atom. The molecule has 0 radical (unpaired) electrons. The molecule has 3 nitrogen and oxygen atoms in total. The maximum atomic E-state index is 6.30. The first-order valence-electron chi connectivity index (χ1n) is 6.36. The fraction of sp³-hybridized carbons (Fsp3) is 0.250. The molecule has 2 rings (SSSR count). The Morgan fingerprint density at radius 1 is 1.10 bits per heavy atom. The average Bonchev–Trinajstić information content (AvgIpc) is 2.48. The van der Waals surface area contributed by atoms with E-state index in [-0.39, 0.29) is 6.04 Å². The highest BCUT2D eigenvalue weighted by atomic mass is 35.5. The Morgan fingerprint density at radius 2 is 1.85 bits per heavy atom. The zero-order chi connectivity index (χ0) is 14.5. The van der Waals surface area contributed by atoms with Crippen molar-refractivity contribution in [3.05, 3.63) is 58.6 Å². The van der Waals surface area contributed by atoms with E-state index in [1.165, 1.54) is 0 Å². The average molecular weight is 292 g/mol. The molecule has 0 aromatic heterocycles. The van der Waals surface area contributed by atoms with E-state index in [2.05, 4.69) is 0 Å². The van der Waals surface area contributed by atoms with Gasteiger partial charge >= 0.3 is 0 Å². The lowest BCUT2D eigenvalue weighted by atomic mass is 9.98. The van der Waals surface area contributed by atoms with Gasteiger partial charge in [0.1, 0.15) is 11.5 Å². The van der Waals surface area contributed by atoms with E-state index in [4.69, 9.17) is 26.8 Å². The summed E-state index contributed by atoms with van der Waals surface area (Å²) in [5.74, 6) is 1.51. The fourth-order valence-electron chi connectivity index (χ4n) is 2.14. The quantitative estimate of drug-likeness (QED) is 0.915.